The van der Waals surface area contributed by atoms with Crippen LogP contribution in [0.2, 0.25) is 5.02 Å². The monoisotopic (exact) mass is 450 g/mol. The molecule has 0 aliphatic carbocycles. The average Bonchev–Trinajstić information content (AvgIpc) is 2.81. The topological polar surface area (TPSA) is 93.3 Å². The fourth-order valence-corrected chi connectivity index (χ4v) is 3.59. The van der Waals surface area contributed by atoms with E-state index in [-0.39, 0.29) is 17.3 Å². The standard InChI is InChI=1S/C24H19ClN2O5/c1-31-21-10-8-15(12-22(21)32-2)27-23(29)17-6-4-3-5-16(17)18(24(27)30)13-26-19-11-14(25)7-9-20(19)28/h3-13,28,30H,1-2H3. The van der Waals surface area contributed by atoms with Crippen molar-refractivity contribution in [2.75, 3.05) is 14.2 Å². The average molecular weight is 451 g/mol. The third-order valence-electron chi connectivity index (χ3n) is 5.00. The molecule has 8 heteroatoms. The third kappa shape index (κ3) is 3.74. The number of phenolic OH excluding ortho intramolecular Hbond substituents is 1. The van der Waals surface area contributed by atoms with Gasteiger partial charge < -0.3 is 19.7 Å². The van der Waals surface area contributed by atoms with Crippen LogP contribution in [0.25, 0.3) is 16.5 Å². The Bertz CT molecular complexity index is 1410. The van der Waals surface area contributed by atoms with E-state index in [9.17, 15) is 15.0 Å². The van der Waals surface area contributed by atoms with Crippen LogP contribution in [0.3, 0.4) is 0 Å². The second-order valence-corrected chi connectivity index (χ2v) is 7.29. The molecule has 0 fully saturated rings. The zero-order valence-corrected chi connectivity index (χ0v) is 18.0. The summed E-state index contributed by atoms with van der Waals surface area (Å²) >= 11 is 6.00. The summed E-state index contributed by atoms with van der Waals surface area (Å²) in [5.74, 6) is 0.514. The molecule has 3 aromatic carbocycles. The Labute approximate surface area is 188 Å². The van der Waals surface area contributed by atoms with E-state index in [0.29, 0.717) is 38.5 Å². The second kappa shape index (κ2) is 8.64. The first-order chi connectivity index (χ1) is 15.4. The molecule has 0 saturated carbocycles. The van der Waals surface area contributed by atoms with Gasteiger partial charge in [0.15, 0.2) is 11.5 Å². The summed E-state index contributed by atoms with van der Waals surface area (Å²) in [6.45, 7) is 0. The number of halogens is 1. The molecular weight excluding hydrogens is 432 g/mol. The van der Waals surface area contributed by atoms with Gasteiger partial charge in [-0.3, -0.25) is 9.79 Å². The van der Waals surface area contributed by atoms with E-state index in [1.807, 2.05) is 0 Å². The Morgan fingerprint density at radius 2 is 1.66 bits per heavy atom. The summed E-state index contributed by atoms with van der Waals surface area (Å²) in [4.78, 5) is 17.6. The van der Waals surface area contributed by atoms with Crippen LogP contribution in [-0.4, -0.2) is 35.2 Å². The highest BCUT2D eigenvalue weighted by molar-refractivity contribution is 6.30. The number of hydrogen-bond donors (Lipinski definition) is 2. The van der Waals surface area contributed by atoms with Crippen molar-refractivity contribution in [2.45, 2.75) is 0 Å². The van der Waals surface area contributed by atoms with Gasteiger partial charge in [0, 0.05) is 28.1 Å². The van der Waals surface area contributed by atoms with E-state index in [1.54, 1.807) is 48.5 Å². The normalized spacial score (nSPS) is 11.2. The van der Waals surface area contributed by atoms with Crippen LogP contribution in [0.15, 0.2) is 70.5 Å². The van der Waals surface area contributed by atoms with E-state index >= 15 is 0 Å². The largest absolute Gasteiger partial charge is 0.506 e. The Hall–Kier alpha value is -3.97. The summed E-state index contributed by atoms with van der Waals surface area (Å²) in [5, 5.41) is 22.5. The summed E-state index contributed by atoms with van der Waals surface area (Å²) in [6.07, 6.45) is 1.39. The van der Waals surface area contributed by atoms with Gasteiger partial charge in [0.25, 0.3) is 5.56 Å². The minimum Gasteiger partial charge on any atom is -0.506 e. The molecule has 0 aliphatic heterocycles. The Balaban J connectivity index is 1.98. The lowest BCUT2D eigenvalue weighted by Gasteiger charge is -2.15. The molecule has 7 nitrogen and oxygen atoms in total. The fraction of sp³-hybridized carbons (Fsp3) is 0.0833. The summed E-state index contributed by atoms with van der Waals surface area (Å²) in [7, 11) is 3.00. The van der Waals surface area contributed by atoms with E-state index < -0.39 is 5.56 Å². The molecule has 0 bridgehead atoms. The van der Waals surface area contributed by atoms with Gasteiger partial charge in [-0.05, 0) is 36.4 Å². The zero-order valence-electron chi connectivity index (χ0n) is 17.2. The number of aromatic nitrogens is 1. The lowest BCUT2D eigenvalue weighted by molar-refractivity contribution is 0.354. The molecule has 1 heterocycles. The Morgan fingerprint density at radius 3 is 2.38 bits per heavy atom. The van der Waals surface area contributed by atoms with Gasteiger partial charge in [-0.2, -0.15) is 0 Å². The summed E-state index contributed by atoms with van der Waals surface area (Å²) in [6, 6.07) is 16.2. The van der Waals surface area contributed by atoms with Crippen molar-refractivity contribution in [1.29, 1.82) is 0 Å². The molecule has 32 heavy (non-hydrogen) atoms. The quantitative estimate of drug-likeness (QED) is 0.425. The predicted molar refractivity (Wildman–Crippen MR) is 125 cm³/mol. The zero-order chi connectivity index (χ0) is 22.8. The summed E-state index contributed by atoms with van der Waals surface area (Å²) < 4.78 is 11.8. The molecule has 0 unspecified atom stereocenters. The molecule has 0 spiro atoms. The van der Waals surface area contributed by atoms with Crippen molar-refractivity contribution in [3.05, 3.63) is 81.6 Å². The highest BCUT2D eigenvalue weighted by Gasteiger charge is 2.18. The lowest BCUT2D eigenvalue weighted by atomic mass is 10.1. The smallest absolute Gasteiger partial charge is 0.265 e. The first-order valence-electron chi connectivity index (χ1n) is 9.56. The van der Waals surface area contributed by atoms with Crippen LogP contribution < -0.4 is 15.0 Å². The molecule has 0 radical (unpaired) electrons. The van der Waals surface area contributed by atoms with Crippen molar-refractivity contribution in [1.82, 2.24) is 4.57 Å². The Kier molecular flexibility index (Phi) is 5.75. The number of hydrogen-bond acceptors (Lipinski definition) is 6. The number of nitrogens with zero attached hydrogens (tertiary/aromatic N) is 2. The van der Waals surface area contributed by atoms with Gasteiger partial charge in [0.1, 0.15) is 11.4 Å². The molecule has 0 amide bonds. The van der Waals surface area contributed by atoms with Crippen molar-refractivity contribution in [3.63, 3.8) is 0 Å². The van der Waals surface area contributed by atoms with E-state index in [0.717, 1.165) is 0 Å². The van der Waals surface area contributed by atoms with Crippen molar-refractivity contribution in [2.24, 2.45) is 4.99 Å². The number of pyridine rings is 1. The van der Waals surface area contributed by atoms with Gasteiger partial charge in [-0.15, -0.1) is 0 Å². The van der Waals surface area contributed by atoms with Crippen molar-refractivity contribution < 1.29 is 19.7 Å². The van der Waals surface area contributed by atoms with Crippen LogP contribution in [0.4, 0.5) is 5.69 Å². The van der Waals surface area contributed by atoms with E-state index in [2.05, 4.69) is 4.99 Å². The highest BCUT2D eigenvalue weighted by atomic mass is 35.5. The number of methoxy groups -OCH3 is 2. The number of aliphatic imine (C=N–C) groups is 1. The van der Waals surface area contributed by atoms with E-state index in [4.69, 9.17) is 21.1 Å². The Morgan fingerprint density at radius 1 is 0.938 bits per heavy atom. The number of fused-ring (bicyclic) bond motifs is 1. The molecule has 0 atom stereocenters. The van der Waals surface area contributed by atoms with Gasteiger partial charge in [-0.25, -0.2) is 4.57 Å². The fourth-order valence-electron chi connectivity index (χ4n) is 3.43. The van der Waals surface area contributed by atoms with Gasteiger partial charge >= 0.3 is 0 Å². The second-order valence-electron chi connectivity index (χ2n) is 6.85. The highest BCUT2D eigenvalue weighted by Crippen LogP contribution is 2.33. The number of benzene rings is 3. The molecule has 2 N–H and O–H groups in total. The van der Waals surface area contributed by atoms with Gasteiger partial charge in [-0.1, -0.05) is 29.8 Å². The van der Waals surface area contributed by atoms with Gasteiger partial charge in [0.05, 0.1) is 25.5 Å². The third-order valence-corrected chi connectivity index (χ3v) is 5.23. The minimum absolute atomic E-state index is 0.0670. The number of phenols is 1. The molecule has 4 rings (SSSR count). The molecule has 162 valence electrons. The molecule has 1 aromatic heterocycles. The first-order valence-corrected chi connectivity index (χ1v) is 9.94. The van der Waals surface area contributed by atoms with Crippen LogP contribution in [-0.2, 0) is 0 Å². The van der Waals surface area contributed by atoms with Gasteiger partial charge in [0.2, 0.25) is 5.88 Å². The van der Waals surface area contributed by atoms with Crippen LogP contribution in [0.1, 0.15) is 5.56 Å². The number of aromatic hydroxyl groups is 2. The summed E-state index contributed by atoms with van der Waals surface area (Å²) in [5.41, 5.74) is 0.503. The number of rotatable bonds is 5. The van der Waals surface area contributed by atoms with Crippen LogP contribution in [0, 0.1) is 0 Å². The SMILES string of the molecule is COc1ccc(-n2c(O)c(C=Nc3cc(Cl)ccc3O)c3ccccc3c2=O)cc1OC. The van der Waals surface area contributed by atoms with Crippen molar-refractivity contribution in [3.8, 4) is 28.8 Å². The molecular formula is C24H19ClN2O5. The van der Waals surface area contributed by atoms with Crippen LogP contribution >= 0.6 is 11.6 Å². The molecule has 0 saturated heterocycles. The minimum atomic E-state index is -0.409. The lowest BCUT2D eigenvalue weighted by Crippen LogP contribution is -2.20. The molecule has 4 aromatic rings. The maximum Gasteiger partial charge on any atom is 0.265 e. The van der Waals surface area contributed by atoms with E-state index in [1.165, 1.54) is 37.1 Å². The number of ether oxygens (including phenoxy) is 2. The predicted octanol–water partition coefficient (Wildman–Crippen LogP) is 4.82. The first kappa shape index (κ1) is 21.3. The molecule has 0 aliphatic rings. The van der Waals surface area contributed by atoms with Crippen LogP contribution in [0.5, 0.6) is 23.1 Å². The maximum atomic E-state index is 13.3. The maximum absolute atomic E-state index is 13.3. The van der Waals surface area contributed by atoms with Crippen molar-refractivity contribution >= 4 is 34.3 Å².